The first kappa shape index (κ1) is 10.6. The average Bonchev–Trinajstić information content (AvgIpc) is 2.80. The van der Waals surface area contributed by atoms with Gasteiger partial charge in [-0.1, -0.05) is 0 Å². The van der Waals surface area contributed by atoms with Gasteiger partial charge in [-0.3, -0.25) is 4.90 Å². The lowest BCUT2D eigenvalue weighted by Crippen LogP contribution is -2.45. The van der Waals surface area contributed by atoms with E-state index < -0.39 is 0 Å². The Kier molecular flexibility index (Phi) is 3.73. The number of nitrogens with one attached hydrogen (secondary N) is 1. The quantitative estimate of drug-likeness (QED) is 0.843. The summed E-state index contributed by atoms with van der Waals surface area (Å²) in [6.45, 7) is 4.16. The molecular formula is C11H15N3S. The van der Waals surface area contributed by atoms with Gasteiger partial charge in [0.25, 0.3) is 0 Å². The van der Waals surface area contributed by atoms with Crippen LogP contribution in [0.1, 0.15) is 18.0 Å². The molecule has 1 aliphatic heterocycles. The summed E-state index contributed by atoms with van der Waals surface area (Å²) < 4.78 is 0. The third kappa shape index (κ3) is 2.57. The van der Waals surface area contributed by atoms with Crippen LogP contribution in [0.4, 0.5) is 0 Å². The van der Waals surface area contributed by atoms with Crippen LogP contribution in [0.2, 0.25) is 0 Å². The second-order valence-corrected chi connectivity index (χ2v) is 4.50. The molecule has 2 rings (SSSR count). The Morgan fingerprint density at radius 2 is 2.33 bits per heavy atom. The fourth-order valence-electron chi connectivity index (χ4n) is 2.00. The standard InChI is InChI=1S/C11H15N3S/c12-3-1-11(10-2-8-15-9-10)14-6-4-13-5-7-14/h2,8-9,11,13H,1,4-7H2/t11-/m0/s1. The molecule has 2 heterocycles. The number of rotatable bonds is 3. The molecule has 1 aliphatic rings. The van der Waals surface area contributed by atoms with Crippen LogP contribution in [0.25, 0.3) is 0 Å². The van der Waals surface area contributed by atoms with Gasteiger partial charge in [-0.05, 0) is 22.4 Å². The van der Waals surface area contributed by atoms with E-state index in [1.54, 1.807) is 11.3 Å². The fourth-order valence-corrected chi connectivity index (χ4v) is 2.71. The number of nitrogens with zero attached hydrogens (tertiary/aromatic N) is 2. The third-order valence-electron chi connectivity index (χ3n) is 2.80. The zero-order chi connectivity index (χ0) is 10.5. The monoisotopic (exact) mass is 221 g/mol. The largest absolute Gasteiger partial charge is 0.314 e. The van der Waals surface area contributed by atoms with Gasteiger partial charge >= 0.3 is 0 Å². The summed E-state index contributed by atoms with van der Waals surface area (Å²) in [6, 6.07) is 4.72. The zero-order valence-electron chi connectivity index (χ0n) is 8.65. The highest BCUT2D eigenvalue weighted by Crippen LogP contribution is 2.25. The van der Waals surface area contributed by atoms with Crippen LogP contribution >= 0.6 is 11.3 Å². The number of piperazine rings is 1. The van der Waals surface area contributed by atoms with Gasteiger partial charge in [0.05, 0.1) is 12.5 Å². The van der Waals surface area contributed by atoms with Crippen LogP contribution in [0.3, 0.4) is 0 Å². The summed E-state index contributed by atoms with van der Waals surface area (Å²) in [7, 11) is 0. The maximum Gasteiger partial charge on any atom is 0.0641 e. The molecule has 3 nitrogen and oxygen atoms in total. The van der Waals surface area contributed by atoms with Crippen LogP contribution < -0.4 is 5.32 Å². The average molecular weight is 221 g/mol. The molecule has 1 fully saturated rings. The lowest BCUT2D eigenvalue weighted by Gasteiger charge is -2.33. The highest BCUT2D eigenvalue weighted by molar-refractivity contribution is 7.07. The summed E-state index contributed by atoms with van der Waals surface area (Å²) in [6.07, 6.45) is 0.594. The summed E-state index contributed by atoms with van der Waals surface area (Å²) in [5.41, 5.74) is 1.29. The van der Waals surface area contributed by atoms with Gasteiger partial charge in [-0.25, -0.2) is 0 Å². The van der Waals surface area contributed by atoms with Crippen LogP contribution in [-0.2, 0) is 0 Å². The van der Waals surface area contributed by atoms with Crippen molar-refractivity contribution >= 4 is 11.3 Å². The molecule has 1 saturated heterocycles. The molecule has 4 heteroatoms. The predicted octanol–water partition coefficient (Wildman–Crippen LogP) is 1.61. The first-order chi connectivity index (χ1) is 7.42. The fraction of sp³-hybridized carbons (Fsp3) is 0.545. The second-order valence-electron chi connectivity index (χ2n) is 3.72. The second kappa shape index (κ2) is 5.26. The van der Waals surface area contributed by atoms with E-state index >= 15 is 0 Å². The Labute approximate surface area is 94.3 Å². The molecule has 0 unspecified atom stereocenters. The number of hydrogen-bond donors (Lipinski definition) is 1. The van der Waals surface area contributed by atoms with Crippen LogP contribution in [0, 0.1) is 11.3 Å². The van der Waals surface area contributed by atoms with Gasteiger partial charge in [-0.2, -0.15) is 16.6 Å². The van der Waals surface area contributed by atoms with Gasteiger partial charge in [-0.15, -0.1) is 0 Å². The summed E-state index contributed by atoms with van der Waals surface area (Å²) in [4.78, 5) is 2.40. The molecule has 15 heavy (non-hydrogen) atoms. The van der Waals surface area contributed by atoms with E-state index in [1.165, 1.54) is 5.56 Å². The van der Waals surface area contributed by atoms with E-state index in [2.05, 4.69) is 33.1 Å². The van der Waals surface area contributed by atoms with Crippen molar-refractivity contribution in [2.75, 3.05) is 26.2 Å². The van der Waals surface area contributed by atoms with E-state index in [0.29, 0.717) is 12.5 Å². The van der Waals surface area contributed by atoms with E-state index in [-0.39, 0.29) is 0 Å². The number of thiophene rings is 1. The molecule has 0 spiro atoms. The first-order valence-corrected chi connectivity index (χ1v) is 6.20. The molecule has 0 bridgehead atoms. The van der Waals surface area contributed by atoms with E-state index in [9.17, 15) is 0 Å². The van der Waals surface area contributed by atoms with E-state index in [4.69, 9.17) is 5.26 Å². The van der Waals surface area contributed by atoms with Crippen molar-refractivity contribution in [3.63, 3.8) is 0 Å². The minimum atomic E-state index is 0.295. The molecular weight excluding hydrogens is 206 g/mol. The lowest BCUT2D eigenvalue weighted by molar-refractivity contribution is 0.176. The Morgan fingerprint density at radius 3 is 2.93 bits per heavy atom. The van der Waals surface area contributed by atoms with Crippen LogP contribution in [0.5, 0.6) is 0 Å². The molecule has 1 aromatic rings. The molecule has 0 radical (unpaired) electrons. The van der Waals surface area contributed by atoms with Crippen molar-refractivity contribution in [1.29, 1.82) is 5.26 Å². The molecule has 0 aromatic carbocycles. The highest BCUT2D eigenvalue weighted by Gasteiger charge is 2.21. The van der Waals surface area contributed by atoms with Crippen molar-refractivity contribution in [3.05, 3.63) is 22.4 Å². The molecule has 1 aromatic heterocycles. The van der Waals surface area contributed by atoms with Gasteiger partial charge in [0.1, 0.15) is 0 Å². The molecule has 0 aliphatic carbocycles. The van der Waals surface area contributed by atoms with Crippen molar-refractivity contribution in [2.45, 2.75) is 12.5 Å². The Balaban J connectivity index is 2.08. The van der Waals surface area contributed by atoms with Crippen molar-refractivity contribution in [2.24, 2.45) is 0 Å². The number of hydrogen-bond acceptors (Lipinski definition) is 4. The van der Waals surface area contributed by atoms with Gasteiger partial charge in [0, 0.05) is 32.2 Å². The molecule has 0 saturated carbocycles. The Bertz CT molecular complexity index is 322. The van der Waals surface area contributed by atoms with Crippen molar-refractivity contribution < 1.29 is 0 Å². The summed E-state index contributed by atoms with van der Waals surface area (Å²) in [5.74, 6) is 0. The zero-order valence-corrected chi connectivity index (χ0v) is 9.46. The maximum atomic E-state index is 8.88. The van der Waals surface area contributed by atoms with Gasteiger partial charge in [0.2, 0.25) is 0 Å². The predicted molar refractivity (Wildman–Crippen MR) is 61.7 cm³/mol. The Hall–Kier alpha value is -0.890. The minimum absolute atomic E-state index is 0.295. The normalized spacial score (nSPS) is 19.7. The van der Waals surface area contributed by atoms with E-state index in [0.717, 1.165) is 26.2 Å². The maximum absolute atomic E-state index is 8.88. The smallest absolute Gasteiger partial charge is 0.0641 e. The first-order valence-electron chi connectivity index (χ1n) is 5.25. The Morgan fingerprint density at radius 1 is 1.53 bits per heavy atom. The van der Waals surface area contributed by atoms with E-state index in [1.807, 2.05) is 0 Å². The molecule has 1 N–H and O–H groups in total. The summed E-state index contributed by atoms with van der Waals surface area (Å²) in [5, 5.41) is 16.5. The van der Waals surface area contributed by atoms with Crippen LogP contribution in [-0.4, -0.2) is 31.1 Å². The molecule has 1 atom stereocenters. The highest BCUT2D eigenvalue weighted by atomic mass is 32.1. The number of nitriles is 1. The minimum Gasteiger partial charge on any atom is -0.314 e. The lowest BCUT2D eigenvalue weighted by atomic mass is 10.1. The SMILES string of the molecule is N#CC[C@@H](c1ccsc1)N1CCNCC1. The van der Waals surface area contributed by atoms with Gasteiger partial charge < -0.3 is 5.32 Å². The van der Waals surface area contributed by atoms with Crippen molar-refractivity contribution in [1.82, 2.24) is 10.2 Å². The van der Waals surface area contributed by atoms with Crippen LogP contribution in [0.15, 0.2) is 16.8 Å². The topological polar surface area (TPSA) is 39.1 Å². The van der Waals surface area contributed by atoms with Gasteiger partial charge in [0.15, 0.2) is 0 Å². The summed E-state index contributed by atoms with van der Waals surface area (Å²) >= 11 is 1.71. The third-order valence-corrected chi connectivity index (χ3v) is 3.51. The molecule has 0 amide bonds. The van der Waals surface area contributed by atoms with Crippen molar-refractivity contribution in [3.8, 4) is 6.07 Å². The molecule has 80 valence electrons.